The molecule has 0 bridgehead atoms. The van der Waals surface area contributed by atoms with Gasteiger partial charge in [-0.05, 0) is 38.6 Å². The van der Waals surface area contributed by atoms with Crippen molar-refractivity contribution in [3.05, 3.63) is 29.6 Å². The monoisotopic (exact) mass is 307 g/mol. The fourth-order valence-electron chi connectivity index (χ4n) is 3.04. The zero-order chi connectivity index (χ0) is 15.4. The Hall–Kier alpha value is -1.06. The lowest BCUT2D eigenvalue weighted by molar-refractivity contribution is 0.261. The predicted molar refractivity (Wildman–Crippen MR) is 91.4 cm³/mol. The van der Waals surface area contributed by atoms with E-state index in [1.165, 1.54) is 11.1 Å². The van der Waals surface area contributed by atoms with Crippen LogP contribution in [0, 0.1) is 6.92 Å². The van der Waals surface area contributed by atoms with E-state index in [1.54, 1.807) is 0 Å². The molecule has 1 atom stereocenters. The van der Waals surface area contributed by atoms with E-state index < -0.39 is 0 Å². The van der Waals surface area contributed by atoms with Gasteiger partial charge < -0.3 is 9.47 Å². The second-order valence-electron chi connectivity index (χ2n) is 5.61. The Morgan fingerprint density at radius 3 is 2.62 bits per heavy atom. The standard InChI is InChI=1S/C17H26ClN3/c1-5-20(6-2)12-14(4)21-16(10-11-18)19-15-9-7-8-13(3)17(15)21/h7-9,14H,5-6,10-12H2,1-4H3. The predicted octanol–water partition coefficient (Wildman–Crippen LogP) is 4.03. The average Bonchev–Trinajstić information content (AvgIpc) is 2.84. The SMILES string of the molecule is CCN(CC)CC(C)n1c(CCCl)nc2cccc(C)c21. The Morgan fingerprint density at radius 1 is 1.29 bits per heavy atom. The molecule has 0 fully saturated rings. The molecule has 21 heavy (non-hydrogen) atoms. The summed E-state index contributed by atoms with van der Waals surface area (Å²) in [6.45, 7) is 12.1. The van der Waals surface area contributed by atoms with Gasteiger partial charge in [-0.15, -0.1) is 11.6 Å². The number of alkyl halides is 1. The third-order valence-corrected chi connectivity index (χ3v) is 4.35. The maximum Gasteiger partial charge on any atom is 0.111 e. The van der Waals surface area contributed by atoms with Gasteiger partial charge in [-0.1, -0.05) is 26.0 Å². The average molecular weight is 308 g/mol. The first-order valence-electron chi connectivity index (χ1n) is 7.87. The van der Waals surface area contributed by atoms with E-state index >= 15 is 0 Å². The van der Waals surface area contributed by atoms with Crippen LogP contribution in [0.15, 0.2) is 18.2 Å². The quantitative estimate of drug-likeness (QED) is 0.720. The lowest BCUT2D eigenvalue weighted by Gasteiger charge is -2.25. The van der Waals surface area contributed by atoms with Crippen molar-refractivity contribution in [1.82, 2.24) is 14.5 Å². The Balaban J connectivity index is 2.46. The highest BCUT2D eigenvalue weighted by molar-refractivity contribution is 6.17. The molecule has 0 aliphatic carbocycles. The first-order valence-corrected chi connectivity index (χ1v) is 8.40. The van der Waals surface area contributed by atoms with Crippen LogP contribution in [0.2, 0.25) is 0 Å². The van der Waals surface area contributed by atoms with Crippen molar-refractivity contribution in [2.75, 3.05) is 25.5 Å². The minimum atomic E-state index is 0.397. The smallest absolute Gasteiger partial charge is 0.111 e. The van der Waals surface area contributed by atoms with Gasteiger partial charge in [0.2, 0.25) is 0 Å². The maximum atomic E-state index is 5.98. The molecule has 0 saturated heterocycles. The normalized spacial score (nSPS) is 13.2. The van der Waals surface area contributed by atoms with E-state index in [2.05, 4.69) is 55.4 Å². The molecule has 1 unspecified atom stereocenters. The highest BCUT2D eigenvalue weighted by Crippen LogP contribution is 2.25. The number of aryl methyl sites for hydroxylation is 2. The number of hydrogen-bond acceptors (Lipinski definition) is 2. The van der Waals surface area contributed by atoms with E-state index in [-0.39, 0.29) is 0 Å². The van der Waals surface area contributed by atoms with Crippen molar-refractivity contribution >= 4 is 22.6 Å². The van der Waals surface area contributed by atoms with Crippen molar-refractivity contribution in [3.63, 3.8) is 0 Å². The van der Waals surface area contributed by atoms with Crippen molar-refractivity contribution < 1.29 is 0 Å². The van der Waals surface area contributed by atoms with Crippen LogP contribution in [0.25, 0.3) is 11.0 Å². The van der Waals surface area contributed by atoms with E-state index in [0.717, 1.165) is 37.4 Å². The molecule has 0 amide bonds. The van der Waals surface area contributed by atoms with Gasteiger partial charge in [0.25, 0.3) is 0 Å². The summed E-state index contributed by atoms with van der Waals surface area (Å²) in [6.07, 6.45) is 0.818. The summed E-state index contributed by atoms with van der Waals surface area (Å²) in [5.74, 6) is 1.72. The van der Waals surface area contributed by atoms with Gasteiger partial charge in [-0.3, -0.25) is 0 Å². The molecule has 0 N–H and O–H groups in total. The maximum absolute atomic E-state index is 5.98. The van der Waals surface area contributed by atoms with Crippen LogP contribution in [0.1, 0.15) is 38.2 Å². The largest absolute Gasteiger partial charge is 0.324 e. The number of para-hydroxylation sites is 1. The molecule has 1 aromatic carbocycles. The highest BCUT2D eigenvalue weighted by atomic mass is 35.5. The molecule has 1 aromatic heterocycles. The van der Waals surface area contributed by atoms with Crippen molar-refractivity contribution in [1.29, 1.82) is 0 Å². The molecule has 0 spiro atoms. The first-order chi connectivity index (χ1) is 10.1. The summed E-state index contributed by atoms with van der Waals surface area (Å²) in [7, 11) is 0. The number of imidazole rings is 1. The first kappa shape index (κ1) is 16.3. The lowest BCUT2D eigenvalue weighted by atomic mass is 10.2. The van der Waals surface area contributed by atoms with Crippen LogP contribution in [0.5, 0.6) is 0 Å². The molecule has 0 aliphatic heterocycles. The van der Waals surface area contributed by atoms with Gasteiger partial charge in [0.15, 0.2) is 0 Å². The Morgan fingerprint density at radius 2 is 2.00 bits per heavy atom. The summed E-state index contributed by atoms with van der Waals surface area (Å²) in [6, 6.07) is 6.74. The molecular weight excluding hydrogens is 282 g/mol. The summed E-state index contributed by atoms with van der Waals surface area (Å²) < 4.78 is 2.39. The number of benzene rings is 1. The van der Waals surface area contributed by atoms with Gasteiger partial charge in [0, 0.05) is 24.9 Å². The molecule has 0 saturated carbocycles. The van der Waals surface area contributed by atoms with Crippen LogP contribution in [-0.4, -0.2) is 40.0 Å². The third kappa shape index (κ3) is 3.41. The zero-order valence-electron chi connectivity index (χ0n) is 13.6. The van der Waals surface area contributed by atoms with E-state index in [9.17, 15) is 0 Å². The molecule has 1 heterocycles. The van der Waals surface area contributed by atoms with Crippen molar-refractivity contribution in [2.45, 2.75) is 40.2 Å². The minimum Gasteiger partial charge on any atom is -0.324 e. The number of hydrogen-bond donors (Lipinski definition) is 0. The van der Waals surface area contributed by atoms with Crippen LogP contribution in [0.3, 0.4) is 0 Å². The summed E-state index contributed by atoms with van der Waals surface area (Å²) in [4.78, 5) is 7.26. The molecule has 116 valence electrons. The van der Waals surface area contributed by atoms with E-state index in [4.69, 9.17) is 16.6 Å². The van der Waals surface area contributed by atoms with Crippen molar-refractivity contribution in [3.8, 4) is 0 Å². The van der Waals surface area contributed by atoms with E-state index in [1.807, 2.05) is 0 Å². The van der Waals surface area contributed by atoms with E-state index in [0.29, 0.717) is 11.9 Å². The molecular formula is C17H26ClN3. The van der Waals surface area contributed by atoms with Crippen LogP contribution in [0.4, 0.5) is 0 Å². The van der Waals surface area contributed by atoms with Gasteiger partial charge in [-0.2, -0.15) is 0 Å². The van der Waals surface area contributed by atoms with Gasteiger partial charge >= 0.3 is 0 Å². The number of fused-ring (bicyclic) bond motifs is 1. The number of nitrogens with zero attached hydrogens (tertiary/aromatic N) is 3. The Labute approximate surface area is 132 Å². The van der Waals surface area contributed by atoms with Gasteiger partial charge in [0.1, 0.15) is 5.82 Å². The fraction of sp³-hybridized carbons (Fsp3) is 0.588. The summed E-state index contributed by atoms with van der Waals surface area (Å²) >= 11 is 5.98. The molecule has 2 rings (SSSR count). The zero-order valence-corrected chi connectivity index (χ0v) is 14.3. The Kier molecular flexibility index (Phi) is 5.65. The minimum absolute atomic E-state index is 0.397. The molecule has 0 aliphatic rings. The number of rotatable bonds is 7. The van der Waals surface area contributed by atoms with Crippen LogP contribution in [-0.2, 0) is 6.42 Å². The number of likely N-dealkylation sites (N-methyl/N-ethyl adjacent to an activating group) is 1. The number of aromatic nitrogens is 2. The summed E-state index contributed by atoms with van der Waals surface area (Å²) in [5.41, 5.74) is 3.63. The second-order valence-corrected chi connectivity index (χ2v) is 5.99. The lowest BCUT2D eigenvalue weighted by Crippen LogP contribution is -2.30. The van der Waals surface area contributed by atoms with Crippen molar-refractivity contribution in [2.24, 2.45) is 0 Å². The highest BCUT2D eigenvalue weighted by Gasteiger charge is 2.18. The van der Waals surface area contributed by atoms with Gasteiger partial charge in [0.05, 0.1) is 11.0 Å². The fourth-order valence-corrected chi connectivity index (χ4v) is 3.21. The molecule has 3 nitrogen and oxygen atoms in total. The van der Waals surface area contributed by atoms with Crippen LogP contribution >= 0.6 is 11.6 Å². The van der Waals surface area contributed by atoms with Crippen LogP contribution < -0.4 is 0 Å². The summed E-state index contributed by atoms with van der Waals surface area (Å²) in [5, 5.41) is 0. The molecule has 0 radical (unpaired) electrons. The number of halogens is 1. The molecule has 2 aromatic rings. The third-order valence-electron chi connectivity index (χ3n) is 4.16. The Bertz CT molecular complexity index is 587. The van der Waals surface area contributed by atoms with Gasteiger partial charge in [-0.25, -0.2) is 4.98 Å². The topological polar surface area (TPSA) is 21.1 Å². The second kappa shape index (κ2) is 7.28. The molecule has 4 heteroatoms.